The van der Waals surface area contributed by atoms with Crippen molar-refractivity contribution in [3.05, 3.63) is 11.6 Å². The zero-order valence-electron chi connectivity index (χ0n) is 11.3. The second kappa shape index (κ2) is 10.3. The summed E-state index contributed by atoms with van der Waals surface area (Å²) in [5.41, 5.74) is 1.61. The minimum absolute atomic E-state index is 0.915. The molecule has 0 nitrogen and oxygen atoms in total. The van der Waals surface area contributed by atoms with E-state index in [1.807, 2.05) is 0 Å². The second-order valence-corrected chi connectivity index (χ2v) is 4.95. The van der Waals surface area contributed by atoms with Crippen LogP contribution < -0.4 is 0 Å². The predicted molar refractivity (Wildman–Crippen MR) is 71.2 cm³/mol. The van der Waals surface area contributed by atoms with Gasteiger partial charge in [0, 0.05) is 0 Å². The smallest absolute Gasteiger partial charge is 0.0323 e. The Morgan fingerprint density at radius 3 is 2.47 bits per heavy atom. The normalized spacial score (nSPS) is 14.3. The number of hydrogen-bond acceptors (Lipinski definition) is 0. The minimum atomic E-state index is 0.915. The van der Waals surface area contributed by atoms with Crippen LogP contribution in [-0.2, 0) is 0 Å². The molecule has 0 spiro atoms. The van der Waals surface area contributed by atoms with Crippen molar-refractivity contribution in [1.82, 2.24) is 0 Å². The molecule has 0 heterocycles. The fraction of sp³-hybridized carbons (Fsp3) is 0.867. The van der Waals surface area contributed by atoms with Crippen molar-refractivity contribution < 1.29 is 0 Å². The van der Waals surface area contributed by atoms with Crippen molar-refractivity contribution in [1.29, 1.82) is 0 Å². The van der Waals surface area contributed by atoms with Gasteiger partial charge >= 0.3 is 0 Å². The van der Waals surface area contributed by atoms with Gasteiger partial charge in [0.05, 0.1) is 0 Å². The van der Waals surface area contributed by atoms with Crippen molar-refractivity contribution in [3.8, 4) is 0 Å². The first-order valence-electron chi connectivity index (χ1n) is 6.86. The van der Waals surface area contributed by atoms with E-state index in [-0.39, 0.29) is 0 Å². The molecule has 0 aromatic carbocycles. The molecule has 0 bridgehead atoms. The highest BCUT2D eigenvalue weighted by atomic mass is 14.0. The molecule has 0 heteroatoms. The Balaban J connectivity index is 3.42. The summed E-state index contributed by atoms with van der Waals surface area (Å²) < 4.78 is 0. The summed E-state index contributed by atoms with van der Waals surface area (Å²) in [6.45, 7) is 9.21. The molecule has 0 aliphatic rings. The molecule has 0 aliphatic heterocycles. The van der Waals surface area contributed by atoms with E-state index in [4.69, 9.17) is 0 Å². The molecule has 15 heavy (non-hydrogen) atoms. The average molecular weight is 210 g/mol. The zero-order valence-corrected chi connectivity index (χ0v) is 11.3. The summed E-state index contributed by atoms with van der Waals surface area (Å²) in [6, 6.07) is 0. The van der Waals surface area contributed by atoms with Gasteiger partial charge < -0.3 is 0 Å². The lowest BCUT2D eigenvalue weighted by Crippen LogP contribution is -1.91. The molecule has 0 aliphatic carbocycles. The largest absolute Gasteiger partial charge is 0.0856 e. The van der Waals surface area contributed by atoms with E-state index in [1.54, 1.807) is 5.57 Å². The molecular formula is C15H30. The second-order valence-electron chi connectivity index (χ2n) is 4.95. The van der Waals surface area contributed by atoms with Crippen molar-refractivity contribution >= 4 is 0 Å². The van der Waals surface area contributed by atoms with Crippen LogP contribution in [0.1, 0.15) is 79.1 Å². The van der Waals surface area contributed by atoms with Crippen LogP contribution in [0.25, 0.3) is 0 Å². The highest BCUT2D eigenvalue weighted by Crippen LogP contribution is 2.15. The minimum Gasteiger partial charge on any atom is -0.0856 e. The molecule has 0 saturated heterocycles. The topological polar surface area (TPSA) is 0 Å². The van der Waals surface area contributed by atoms with E-state index in [2.05, 4.69) is 33.8 Å². The number of hydrogen-bond donors (Lipinski definition) is 0. The average Bonchev–Trinajstić information content (AvgIpc) is 2.24. The van der Waals surface area contributed by atoms with Gasteiger partial charge in [-0.2, -0.15) is 0 Å². The van der Waals surface area contributed by atoms with Crippen molar-refractivity contribution in [2.24, 2.45) is 5.92 Å². The molecule has 0 N–H and O–H groups in total. The van der Waals surface area contributed by atoms with Crippen LogP contribution in [-0.4, -0.2) is 0 Å². The van der Waals surface area contributed by atoms with Crippen molar-refractivity contribution in [2.45, 2.75) is 79.1 Å². The first-order valence-corrected chi connectivity index (χ1v) is 6.86. The first-order chi connectivity index (χ1) is 7.20. The third kappa shape index (κ3) is 10.0. The van der Waals surface area contributed by atoms with E-state index >= 15 is 0 Å². The molecule has 0 amide bonds. The highest BCUT2D eigenvalue weighted by Gasteiger charge is 1.98. The van der Waals surface area contributed by atoms with Crippen LogP contribution >= 0.6 is 0 Å². The summed E-state index contributed by atoms with van der Waals surface area (Å²) in [4.78, 5) is 0. The Morgan fingerprint density at radius 1 is 1.13 bits per heavy atom. The van der Waals surface area contributed by atoms with Gasteiger partial charge in [-0.3, -0.25) is 0 Å². The van der Waals surface area contributed by atoms with E-state index in [9.17, 15) is 0 Å². The van der Waals surface area contributed by atoms with Crippen LogP contribution in [0.3, 0.4) is 0 Å². The Bertz CT molecular complexity index is 155. The maximum absolute atomic E-state index is 2.45. The maximum Gasteiger partial charge on any atom is -0.0323 e. The fourth-order valence-corrected chi connectivity index (χ4v) is 1.78. The third-order valence-corrected chi connectivity index (χ3v) is 3.27. The van der Waals surface area contributed by atoms with Gasteiger partial charge in [-0.05, 0) is 38.5 Å². The zero-order chi connectivity index (χ0) is 11.5. The summed E-state index contributed by atoms with van der Waals surface area (Å²) in [7, 11) is 0. The Kier molecular flexibility index (Phi) is 10.1. The summed E-state index contributed by atoms with van der Waals surface area (Å²) in [5.74, 6) is 0.915. The molecule has 0 fully saturated rings. The van der Waals surface area contributed by atoms with Gasteiger partial charge in [0.25, 0.3) is 0 Å². The monoisotopic (exact) mass is 210 g/mol. The Labute approximate surface area is 97.2 Å². The van der Waals surface area contributed by atoms with Crippen LogP contribution in [0.15, 0.2) is 11.6 Å². The lowest BCUT2D eigenvalue weighted by atomic mass is 9.99. The molecule has 0 aromatic heterocycles. The molecular weight excluding hydrogens is 180 g/mol. The Hall–Kier alpha value is -0.260. The molecule has 0 saturated carbocycles. The lowest BCUT2D eigenvalue weighted by Gasteiger charge is -2.07. The van der Waals surface area contributed by atoms with Crippen LogP contribution in [0.4, 0.5) is 0 Å². The number of unbranched alkanes of at least 4 members (excludes halogenated alkanes) is 3. The van der Waals surface area contributed by atoms with Crippen molar-refractivity contribution in [2.75, 3.05) is 0 Å². The molecule has 0 aromatic rings. The van der Waals surface area contributed by atoms with E-state index in [0.29, 0.717) is 0 Å². The standard InChI is InChI=1S/C15H30/c1-5-7-8-9-11-15(4)13-10-12-14(3)6-2/h11,14H,5-10,12-13H2,1-4H3. The maximum atomic E-state index is 2.45. The fourth-order valence-electron chi connectivity index (χ4n) is 1.78. The number of allylic oxidation sites excluding steroid dienone is 2. The first kappa shape index (κ1) is 14.7. The Morgan fingerprint density at radius 2 is 1.87 bits per heavy atom. The van der Waals surface area contributed by atoms with Gasteiger partial charge in [-0.25, -0.2) is 0 Å². The van der Waals surface area contributed by atoms with E-state index in [1.165, 1.54) is 51.4 Å². The van der Waals surface area contributed by atoms with Gasteiger partial charge in [-0.15, -0.1) is 0 Å². The quantitative estimate of drug-likeness (QED) is 0.337. The van der Waals surface area contributed by atoms with Crippen LogP contribution in [0.5, 0.6) is 0 Å². The highest BCUT2D eigenvalue weighted by molar-refractivity contribution is 4.97. The SMILES string of the molecule is CCCCCC=C(C)CCCC(C)CC. The van der Waals surface area contributed by atoms with Gasteiger partial charge in [0.2, 0.25) is 0 Å². The predicted octanol–water partition coefficient (Wildman–Crippen LogP) is 5.73. The van der Waals surface area contributed by atoms with E-state index in [0.717, 1.165) is 5.92 Å². The van der Waals surface area contributed by atoms with E-state index < -0.39 is 0 Å². The third-order valence-electron chi connectivity index (χ3n) is 3.27. The summed E-state index contributed by atoms with van der Waals surface area (Å²) in [6.07, 6.45) is 13.3. The summed E-state index contributed by atoms with van der Waals surface area (Å²) in [5, 5.41) is 0. The van der Waals surface area contributed by atoms with Crippen LogP contribution in [0.2, 0.25) is 0 Å². The molecule has 0 radical (unpaired) electrons. The lowest BCUT2D eigenvalue weighted by molar-refractivity contribution is 0.495. The van der Waals surface area contributed by atoms with Crippen LogP contribution in [0, 0.1) is 5.92 Å². The molecule has 0 rings (SSSR count). The van der Waals surface area contributed by atoms with Crippen molar-refractivity contribution in [3.63, 3.8) is 0 Å². The van der Waals surface area contributed by atoms with Gasteiger partial charge in [-0.1, -0.05) is 58.1 Å². The number of rotatable bonds is 9. The molecule has 1 atom stereocenters. The molecule has 1 unspecified atom stereocenters. The summed E-state index contributed by atoms with van der Waals surface area (Å²) >= 11 is 0. The van der Waals surface area contributed by atoms with Gasteiger partial charge in [0.15, 0.2) is 0 Å². The molecule has 90 valence electrons. The van der Waals surface area contributed by atoms with Gasteiger partial charge in [0.1, 0.15) is 0 Å².